The Morgan fingerprint density at radius 1 is 1.17 bits per heavy atom. The van der Waals surface area contributed by atoms with Crippen molar-refractivity contribution in [2.24, 2.45) is 5.92 Å². The molecule has 1 aliphatic heterocycles. The average molecular weight is 407 g/mol. The number of ether oxygens (including phenoxy) is 1. The first-order chi connectivity index (χ1) is 14.6. The van der Waals surface area contributed by atoms with Crippen molar-refractivity contribution in [3.05, 3.63) is 77.6 Å². The van der Waals surface area contributed by atoms with E-state index >= 15 is 0 Å². The fourth-order valence-corrected chi connectivity index (χ4v) is 4.25. The minimum Gasteiger partial charge on any atom is -0.497 e. The molecular formula is C25H27FN2O2. The van der Waals surface area contributed by atoms with Gasteiger partial charge >= 0.3 is 0 Å². The third kappa shape index (κ3) is 4.79. The molecule has 0 spiro atoms. The number of methoxy groups -OCH3 is 1. The van der Waals surface area contributed by atoms with Gasteiger partial charge in [0, 0.05) is 25.2 Å². The molecule has 1 amide bonds. The van der Waals surface area contributed by atoms with Crippen molar-refractivity contribution in [2.45, 2.75) is 12.8 Å². The van der Waals surface area contributed by atoms with Crippen LogP contribution >= 0.6 is 0 Å². The summed E-state index contributed by atoms with van der Waals surface area (Å²) in [5.74, 6) is 1.00. The molecule has 0 saturated carbocycles. The van der Waals surface area contributed by atoms with Gasteiger partial charge < -0.3 is 15.0 Å². The van der Waals surface area contributed by atoms with E-state index in [4.69, 9.17) is 4.74 Å². The molecule has 0 aliphatic carbocycles. The van der Waals surface area contributed by atoms with Crippen molar-refractivity contribution in [3.63, 3.8) is 0 Å². The summed E-state index contributed by atoms with van der Waals surface area (Å²) >= 11 is 0. The SMILES string of the molecule is COc1ccc2cccc(CC3CCN(CCNC(=O)c4ccc(F)cc4)C3)c2c1. The molecule has 0 bridgehead atoms. The number of halogens is 1. The second kappa shape index (κ2) is 9.26. The van der Waals surface area contributed by atoms with Gasteiger partial charge in [-0.25, -0.2) is 4.39 Å². The van der Waals surface area contributed by atoms with Crippen molar-refractivity contribution in [2.75, 3.05) is 33.3 Å². The van der Waals surface area contributed by atoms with Crippen LogP contribution in [0.3, 0.4) is 0 Å². The maximum absolute atomic E-state index is 13.0. The summed E-state index contributed by atoms with van der Waals surface area (Å²) in [6.45, 7) is 3.50. The smallest absolute Gasteiger partial charge is 0.251 e. The molecule has 4 nitrogen and oxygen atoms in total. The highest BCUT2D eigenvalue weighted by molar-refractivity contribution is 5.94. The van der Waals surface area contributed by atoms with E-state index in [1.165, 1.54) is 40.6 Å². The Kier molecular flexibility index (Phi) is 6.29. The van der Waals surface area contributed by atoms with Crippen LogP contribution in [0, 0.1) is 11.7 Å². The number of amides is 1. The van der Waals surface area contributed by atoms with Crippen molar-refractivity contribution in [3.8, 4) is 5.75 Å². The van der Waals surface area contributed by atoms with E-state index in [-0.39, 0.29) is 11.7 Å². The van der Waals surface area contributed by atoms with Crippen LogP contribution in [-0.4, -0.2) is 44.1 Å². The predicted octanol–water partition coefficient (Wildman–Crippen LogP) is 4.28. The first kappa shape index (κ1) is 20.4. The maximum atomic E-state index is 13.0. The maximum Gasteiger partial charge on any atom is 0.251 e. The molecule has 1 N–H and O–H groups in total. The van der Waals surface area contributed by atoms with Gasteiger partial charge in [-0.05, 0) is 78.0 Å². The van der Waals surface area contributed by atoms with Gasteiger partial charge in [-0.2, -0.15) is 0 Å². The van der Waals surface area contributed by atoms with Crippen molar-refractivity contribution >= 4 is 16.7 Å². The van der Waals surface area contributed by atoms with E-state index in [1.807, 2.05) is 6.07 Å². The number of nitrogens with one attached hydrogen (secondary N) is 1. The summed E-state index contributed by atoms with van der Waals surface area (Å²) in [5, 5.41) is 5.44. The normalized spacial score (nSPS) is 16.7. The van der Waals surface area contributed by atoms with E-state index in [0.717, 1.165) is 38.2 Å². The van der Waals surface area contributed by atoms with Crippen LogP contribution in [0.2, 0.25) is 0 Å². The second-order valence-corrected chi connectivity index (χ2v) is 7.93. The van der Waals surface area contributed by atoms with Crippen LogP contribution in [-0.2, 0) is 6.42 Å². The molecule has 3 aromatic carbocycles. The number of carbonyl (C=O) groups excluding carboxylic acids is 1. The minimum atomic E-state index is -0.334. The Morgan fingerprint density at radius 2 is 2.00 bits per heavy atom. The lowest BCUT2D eigenvalue weighted by Crippen LogP contribution is -2.34. The van der Waals surface area contributed by atoms with E-state index in [1.54, 1.807) is 7.11 Å². The van der Waals surface area contributed by atoms with Gasteiger partial charge in [-0.3, -0.25) is 4.79 Å². The standard InChI is InChI=1S/C25H27FN2O2/c1-30-23-10-7-19-3-2-4-21(24(19)16-23)15-18-11-13-28(17-18)14-12-27-25(29)20-5-8-22(26)9-6-20/h2-10,16,18H,11-15,17H2,1H3,(H,27,29). The first-order valence-electron chi connectivity index (χ1n) is 10.4. The van der Waals surface area contributed by atoms with Gasteiger partial charge in [-0.15, -0.1) is 0 Å². The molecule has 0 radical (unpaired) electrons. The Hall–Kier alpha value is -2.92. The number of hydrogen-bond acceptors (Lipinski definition) is 3. The third-order valence-electron chi connectivity index (χ3n) is 5.88. The molecule has 156 valence electrons. The predicted molar refractivity (Wildman–Crippen MR) is 117 cm³/mol. The molecule has 1 fully saturated rings. The van der Waals surface area contributed by atoms with E-state index < -0.39 is 0 Å². The molecule has 1 unspecified atom stereocenters. The Balaban J connectivity index is 1.29. The van der Waals surface area contributed by atoms with Gasteiger partial charge in [-0.1, -0.05) is 24.3 Å². The molecule has 0 aromatic heterocycles. The van der Waals surface area contributed by atoms with Crippen LogP contribution in [0.5, 0.6) is 5.75 Å². The number of fused-ring (bicyclic) bond motifs is 1. The zero-order chi connectivity index (χ0) is 20.9. The topological polar surface area (TPSA) is 41.6 Å². The van der Waals surface area contributed by atoms with Crippen LogP contribution in [0.1, 0.15) is 22.3 Å². The largest absolute Gasteiger partial charge is 0.497 e. The van der Waals surface area contributed by atoms with Crippen molar-refractivity contribution < 1.29 is 13.9 Å². The van der Waals surface area contributed by atoms with Crippen molar-refractivity contribution in [1.29, 1.82) is 0 Å². The fraction of sp³-hybridized carbons (Fsp3) is 0.320. The highest BCUT2D eigenvalue weighted by Gasteiger charge is 2.23. The number of likely N-dealkylation sites (tertiary alicyclic amines) is 1. The number of hydrogen-bond donors (Lipinski definition) is 1. The van der Waals surface area contributed by atoms with Gasteiger partial charge in [0.2, 0.25) is 0 Å². The number of carbonyl (C=O) groups is 1. The zero-order valence-electron chi connectivity index (χ0n) is 17.2. The van der Waals surface area contributed by atoms with E-state index in [2.05, 4.69) is 40.5 Å². The Bertz CT molecular complexity index is 1020. The van der Waals surface area contributed by atoms with Gasteiger partial charge in [0.15, 0.2) is 0 Å². The summed E-state index contributed by atoms with van der Waals surface area (Å²) in [6.07, 6.45) is 2.20. The molecule has 1 saturated heterocycles. The quantitative estimate of drug-likeness (QED) is 0.637. The summed E-state index contributed by atoms with van der Waals surface area (Å²) in [6, 6.07) is 18.4. The van der Waals surface area contributed by atoms with E-state index in [0.29, 0.717) is 18.0 Å². The molecular weight excluding hydrogens is 379 g/mol. The zero-order valence-corrected chi connectivity index (χ0v) is 17.2. The average Bonchev–Trinajstić information content (AvgIpc) is 3.21. The summed E-state index contributed by atoms with van der Waals surface area (Å²) in [7, 11) is 1.70. The van der Waals surface area contributed by atoms with Crippen LogP contribution < -0.4 is 10.1 Å². The lowest BCUT2D eigenvalue weighted by Gasteiger charge is -2.17. The molecule has 3 aromatic rings. The van der Waals surface area contributed by atoms with Crippen LogP contribution in [0.25, 0.3) is 10.8 Å². The lowest BCUT2D eigenvalue weighted by molar-refractivity contribution is 0.0949. The summed E-state index contributed by atoms with van der Waals surface area (Å²) < 4.78 is 18.4. The second-order valence-electron chi connectivity index (χ2n) is 7.93. The van der Waals surface area contributed by atoms with Gasteiger partial charge in [0.1, 0.15) is 11.6 Å². The van der Waals surface area contributed by atoms with Crippen molar-refractivity contribution in [1.82, 2.24) is 10.2 Å². The first-order valence-corrected chi connectivity index (χ1v) is 10.4. The molecule has 1 atom stereocenters. The van der Waals surface area contributed by atoms with Gasteiger partial charge in [0.05, 0.1) is 7.11 Å². The molecule has 30 heavy (non-hydrogen) atoms. The number of nitrogens with zero attached hydrogens (tertiary/aromatic N) is 1. The fourth-order valence-electron chi connectivity index (χ4n) is 4.25. The third-order valence-corrected chi connectivity index (χ3v) is 5.88. The van der Waals surface area contributed by atoms with Crippen LogP contribution in [0.15, 0.2) is 60.7 Å². The Labute approximate surface area is 176 Å². The summed E-state index contributed by atoms with van der Waals surface area (Å²) in [5.41, 5.74) is 1.85. The van der Waals surface area contributed by atoms with Crippen LogP contribution in [0.4, 0.5) is 4.39 Å². The molecule has 4 rings (SSSR count). The monoisotopic (exact) mass is 406 g/mol. The molecule has 5 heteroatoms. The highest BCUT2D eigenvalue weighted by Crippen LogP contribution is 2.28. The Morgan fingerprint density at radius 3 is 2.80 bits per heavy atom. The summed E-state index contributed by atoms with van der Waals surface area (Å²) in [4.78, 5) is 14.6. The molecule has 1 heterocycles. The lowest BCUT2D eigenvalue weighted by atomic mass is 9.94. The highest BCUT2D eigenvalue weighted by atomic mass is 19.1. The molecule has 1 aliphatic rings. The number of rotatable bonds is 7. The van der Waals surface area contributed by atoms with Gasteiger partial charge in [0.25, 0.3) is 5.91 Å². The van der Waals surface area contributed by atoms with E-state index in [9.17, 15) is 9.18 Å². The number of benzene rings is 3. The minimum absolute atomic E-state index is 0.157.